The van der Waals surface area contributed by atoms with Crippen molar-refractivity contribution in [2.24, 2.45) is 5.92 Å². The smallest absolute Gasteiger partial charge is 0.0915 e. The number of aromatic nitrogens is 2. The third-order valence-corrected chi connectivity index (χ3v) is 5.43. The van der Waals surface area contributed by atoms with Crippen LogP contribution >= 0.6 is 0 Å². The average Bonchev–Trinajstić information content (AvgIpc) is 3.57. The van der Waals surface area contributed by atoms with Gasteiger partial charge in [-0.25, -0.2) is 4.98 Å². The molecule has 0 amide bonds. The van der Waals surface area contributed by atoms with E-state index in [-0.39, 0.29) is 0 Å². The van der Waals surface area contributed by atoms with Gasteiger partial charge in [-0.15, -0.1) is 0 Å². The van der Waals surface area contributed by atoms with Gasteiger partial charge < -0.3 is 4.90 Å². The van der Waals surface area contributed by atoms with Crippen molar-refractivity contribution < 1.29 is 0 Å². The van der Waals surface area contributed by atoms with Crippen LogP contribution in [0.5, 0.6) is 0 Å². The summed E-state index contributed by atoms with van der Waals surface area (Å²) < 4.78 is 0. The second-order valence-electron chi connectivity index (χ2n) is 7.45. The molecule has 3 heteroatoms. The second-order valence-corrected chi connectivity index (χ2v) is 7.45. The highest BCUT2D eigenvalue weighted by atomic mass is 15.1. The molecule has 0 unspecified atom stereocenters. The molecule has 1 fully saturated rings. The highest BCUT2D eigenvalue weighted by Gasteiger charge is 2.25. The molecule has 2 aromatic carbocycles. The third kappa shape index (κ3) is 3.84. The van der Waals surface area contributed by atoms with E-state index in [4.69, 9.17) is 4.98 Å². The van der Waals surface area contributed by atoms with E-state index >= 15 is 0 Å². The summed E-state index contributed by atoms with van der Waals surface area (Å²) in [5, 5.41) is 0. The Bertz CT molecular complexity index is 1030. The molecule has 0 bridgehead atoms. The van der Waals surface area contributed by atoms with Gasteiger partial charge in [0.25, 0.3) is 0 Å². The predicted octanol–water partition coefficient (Wildman–Crippen LogP) is 6.33. The normalized spacial score (nSPS) is 14.3. The molecule has 1 aliphatic carbocycles. The van der Waals surface area contributed by atoms with Crippen LogP contribution in [-0.4, -0.2) is 16.5 Å². The molecule has 0 aliphatic heterocycles. The third-order valence-electron chi connectivity index (χ3n) is 5.43. The average molecular weight is 370 g/mol. The van der Waals surface area contributed by atoms with E-state index in [1.165, 1.54) is 29.8 Å². The van der Waals surface area contributed by atoms with E-state index in [0.29, 0.717) is 0 Å². The summed E-state index contributed by atoms with van der Waals surface area (Å²) in [6.07, 6.45) is 9.37. The zero-order chi connectivity index (χ0) is 19.5. The van der Waals surface area contributed by atoms with E-state index in [1.807, 2.05) is 25.3 Å². The number of hydrogen-bond acceptors (Lipinski definition) is 3. The van der Waals surface area contributed by atoms with Crippen molar-refractivity contribution >= 4 is 28.0 Å². The molecule has 3 aromatic rings. The Morgan fingerprint density at radius 3 is 2.68 bits per heavy atom. The molecule has 1 saturated carbocycles. The lowest BCUT2D eigenvalue weighted by atomic mass is 10.1. The van der Waals surface area contributed by atoms with Crippen LogP contribution in [0.25, 0.3) is 16.6 Å². The Labute approximate surface area is 167 Å². The number of aryl methyl sites for hydroxylation is 1. The molecule has 1 heterocycles. The number of benzene rings is 2. The van der Waals surface area contributed by atoms with Crippen molar-refractivity contribution in [1.82, 2.24) is 9.97 Å². The van der Waals surface area contributed by atoms with Gasteiger partial charge in [0, 0.05) is 17.9 Å². The summed E-state index contributed by atoms with van der Waals surface area (Å²) in [4.78, 5) is 11.9. The molecular formula is C25H27N3. The summed E-state index contributed by atoms with van der Waals surface area (Å²) in [7, 11) is 0. The fourth-order valence-electron chi connectivity index (χ4n) is 3.54. The van der Waals surface area contributed by atoms with Gasteiger partial charge >= 0.3 is 0 Å². The molecule has 28 heavy (non-hydrogen) atoms. The molecule has 4 rings (SSSR count). The van der Waals surface area contributed by atoms with Gasteiger partial charge in [0.2, 0.25) is 0 Å². The molecule has 0 atom stereocenters. The van der Waals surface area contributed by atoms with Gasteiger partial charge in [0.05, 0.1) is 22.9 Å². The Morgan fingerprint density at radius 1 is 1.14 bits per heavy atom. The van der Waals surface area contributed by atoms with Crippen LogP contribution in [-0.2, 0) is 6.42 Å². The Kier molecular flexibility index (Phi) is 5.25. The lowest BCUT2D eigenvalue weighted by Crippen LogP contribution is -2.20. The van der Waals surface area contributed by atoms with E-state index in [2.05, 4.69) is 65.9 Å². The van der Waals surface area contributed by atoms with Crippen LogP contribution < -0.4 is 4.90 Å². The lowest BCUT2D eigenvalue weighted by molar-refractivity contribution is 0.813. The lowest BCUT2D eigenvalue weighted by Gasteiger charge is -2.26. The molecule has 3 nitrogen and oxygen atoms in total. The monoisotopic (exact) mass is 369 g/mol. The SMILES string of the molecule is C=C/C(=C\C)c1cnc2ccc(N(CC3CC3)c3cccc(CC)c3)cc2n1. The molecule has 1 aromatic heterocycles. The molecule has 0 N–H and O–H groups in total. The maximum absolute atomic E-state index is 4.85. The van der Waals surface area contributed by atoms with Gasteiger partial charge in [-0.3, -0.25) is 4.98 Å². The highest BCUT2D eigenvalue weighted by molar-refractivity contribution is 5.83. The Hall–Kier alpha value is -2.94. The second kappa shape index (κ2) is 7.97. The standard InChI is InChI=1S/C25H27N3/c1-4-18-8-7-9-21(14-18)28(17-19-10-11-19)22-12-13-23-24(15-22)27-25(16-26-23)20(5-2)6-3/h5-9,12-16,19H,2,4,10-11,17H2,1,3H3/b20-6+. The van der Waals surface area contributed by atoms with Gasteiger partial charge in [0.15, 0.2) is 0 Å². The molecule has 0 saturated heterocycles. The van der Waals surface area contributed by atoms with Crippen molar-refractivity contribution in [3.05, 3.63) is 78.6 Å². The van der Waals surface area contributed by atoms with Crippen molar-refractivity contribution in [1.29, 1.82) is 0 Å². The number of fused-ring (bicyclic) bond motifs is 1. The van der Waals surface area contributed by atoms with Crippen LogP contribution in [0.15, 0.2) is 67.4 Å². The first-order valence-corrected chi connectivity index (χ1v) is 10.1. The molecule has 0 radical (unpaired) electrons. The number of hydrogen-bond donors (Lipinski definition) is 0. The Morgan fingerprint density at radius 2 is 1.96 bits per heavy atom. The fourth-order valence-corrected chi connectivity index (χ4v) is 3.54. The van der Waals surface area contributed by atoms with Gasteiger partial charge in [-0.2, -0.15) is 0 Å². The van der Waals surface area contributed by atoms with Crippen LogP contribution in [0.3, 0.4) is 0 Å². The minimum atomic E-state index is 0.786. The number of allylic oxidation sites excluding steroid dienone is 3. The van der Waals surface area contributed by atoms with Crippen molar-refractivity contribution in [3.63, 3.8) is 0 Å². The maximum atomic E-state index is 4.85. The van der Waals surface area contributed by atoms with E-state index in [9.17, 15) is 0 Å². The minimum absolute atomic E-state index is 0.786. The van der Waals surface area contributed by atoms with Gasteiger partial charge in [0.1, 0.15) is 0 Å². The first-order chi connectivity index (χ1) is 13.7. The summed E-state index contributed by atoms with van der Waals surface area (Å²) in [5.74, 6) is 0.786. The zero-order valence-electron chi connectivity index (χ0n) is 16.7. The van der Waals surface area contributed by atoms with E-state index in [0.717, 1.165) is 41.2 Å². The molecule has 142 valence electrons. The topological polar surface area (TPSA) is 29.0 Å². The fraction of sp³-hybridized carbons (Fsp3) is 0.280. The summed E-state index contributed by atoms with van der Waals surface area (Å²) in [6.45, 7) is 9.14. The first kappa shape index (κ1) is 18.4. The maximum Gasteiger partial charge on any atom is 0.0915 e. The van der Waals surface area contributed by atoms with E-state index < -0.39 is 0 Å². The zero-order valence-corrected chi connectivity index (χ0v) is 16.7. The quantitative estimate of drug-likeness (QED) is 0.456. The van der Waals surface area contributed by atoms with Crippen LogP contribution in [0.1, 0.15) is 37.9 Å². The summed E-state index contributed by atoms with van der Waals surface area (Å²) >= 11 is 0. The Balaban J connectivity index is 1.77. The number of nitrogens with zero attached hydrogens (tertiary/aromatic N) is 3. The van der Waals surface area contributed by atoms with Crippen LogP contribution in [0, 0.1) is 5.92 Å². The van der Waals surface area contributed by atoms with E-state index in [1.54, 1.807) is 0 Å². The van der Waals surface area contributed by atoms with Crippen molar-refractivity contribution in [2.45, 2.75) is 33.1 Å². The summed E-state index contributed by atoms with van der Waals surface area (Å²) in [6, 6.07) is 15.3. The number of rotatable bonds is 7. The predicted molar refractivity (Wildman–Crippen MR) is 119 cm³/mol. The van der Waals surface area contributed by atoms with Crippen LogP contribution in [0.2, 0.25) is 0 Å². The van der Waals surface area contributed by atoms with Gasteiger partial charge in [-0.1, -0.05) is 37.8 Å². The van der Waals surface area contributed by atoms with Crippen molar-refractivity contribution in [3.8, 4) is 0 Å². The number of anilines is 2. The van der Waals surface area contributed by atoms with Crippen LogP contribution in [0.4, 0.5) is 11.4 Å². The molecular weight excluding hydrogens is 342 g/mol. The summed E-state index contributed by atoms with van der Waals surface area (Å²) in [5.41, 5.74) is 7.51. The first-order valence-electron chi connectivity index (χ1n) is 10.1. The largest absolute Gasteiger partial charge is 0.341 e. The highest BCUT2D eigenvalue weighted by Crippen LogP contribution is 2.36. The van der Waals surface area contributed by atoms with Gasteiger partial charge in [-0.05, 0) is 73.6 Å². The molecule has 1 aliphatic rings. The minimum Gasteiger partial charge on any atom is -0.341 e. The molecule has 0 spiro atoms. The van der Waals surface area contributed by atoms with Crippen molar-refractivity contribution in [2.75, 3.05) is 11.4 Å².